The van der Waals surface area contributed by atoms with E-state index in [1.54, 1.807) is 31.5 Å². The maximum absolute atomic E-state index is 12.7. The fraction of sp³-hybridized carbons (Fsp3) is 0.400. The molecule has 1 fully saturated rings. The van der Waals surface area contributed by atoms with Gasteiger partial charge in [0, 0.05) is 18.2 Å². The maximum atomic E-state index is 12.7. The molecule has 1 aliphatic heterocycles. The Morgan fingerprint density at radius 2 is 2.00 bits per heavy atom. The summed E-state index contributed by atoms with van der Waals surface area (Å²) < 4.78 is 16.4. The third kappa shape index (κ3) is 5.42. The number of anilines is 1. The van der Waals surface area contributed by atoms with Crippen LogP contribution in [0, 0.1) is 5.92 Å². The Hall–Kier alpha value is -3.95. The van der Waals surface area contributed by atoms with Crippen molar-refractivity contribution < 1.29 is 23.8 Å². The number of pyridine rings is 3. The molecule has 0 unspecified atom stereocenters. The third-order valence-corrected chi connectivity index (χ3v) is 6.38. The van der Waals surface area contributed by atoms with Crippen LogP contribution in [0.3, 0.4) is 0 Å². The summed E-state index contributed by atoms with van der Waals surface area (Å²) in [6, 6.07) is 8.91. The Bertz CT molecular complexity index is 1240. The number of hydrogen-bond acceptors (Lipinski definition) is 8. The molecule has 0 bridgehead atoms. The van der Waals surface area contributed by atoms with E-state index in [1.165, 1.54) is 0 Å². The van der Waals surface area contributed by atoms with E-state index < -0.39 is 0 Å². The molecule has 5 rings (SSSR count). The number of nitrogens with one attached hydrogen (secondary N) is 2. The van der Waals surface area contributed by atoms with E-state index in [9.17, 15) is 9.59 Å². The van der Waals surface area contributed by atoms with Crippen LogP contribution in [0.4, 0.5) is 5.82 Å². The number of ether oxygens (including phenoxy) is 3. The van der Waals surface area contributed by atoms with Crippen LogP contribution in [0.5, 0.6) is 17.4 Å². The monoisotopic (exact) mass is 477 g/mol. The summed E-state index contributed by atoms with van der Waals surface area (Å²) in [7, 11) is 1.59. The second-order valence-electron chi connectivity index (χ2n) is 8.77. The van der Waals surface area contributed by atoms with E-state index in [4.69, 9.17) is 14.2 Å². The van der Waals surface area contributed by atoms with Gasteiger partial charge >= 0.3 is 0 Å². The highest BCUT2D eigenvalue weighted by molar-refractivity contribution is 5.97. The lowest BCUT2D eigenvalue weighted by molar-refractivity contribution is -0.118. The SMILES string of the molecule is COc1ccc2ncc(OCC[C@H]3CC[C@H](NC(=O)c4ccc5c(n4)NC(=O)CO5)CC3)cc2n1. The Morgan fingerprint density at radius 1 is 1.14 bits per heavy atom. The van der Waals surface area contributed by atoms with Gasteiger partial charge in [0.2, 0.25) is 5.88 Å². The molecule has 10 heteroatoms. The summed E-state index contributed by atoms with van der Waals surface area (Å²) >= 11 is 0. The normalized spacial score (nSPS) is 19.3. The zero-order chi connectivity index (χ0) is 24.2. The summed E-state index contributed by atoms with van der Waals surface area (Å²) in [4.78, 5) is 37.2. The Labute approximate surface area is 202 Å². The average Bonchev–Trinajstić information content (AvgIpc) is 2.88. The van der Waals surface area contributed by atoms with E-state index in [2.05, 4.69) is 25.6 Å². The zero-order valence-corrected chi connectivity index (χ0v) is 19.5. The first-order chi connectivity index (χ1) is 17.1. The molecule has 35 heavy (non-hydrogen) atoms. The number of carbonyl (C=O) groups is 2. The molecule has 2 amide bonds. The summed E-state index contributed by atoms with van der Waals surface area (Å²) in [6.45, 7) is 0.561. The van der Waals surface area contributed by atoms with Gasteiger partial charge in [-0.25, -0.2) is 9.97 Å². The van der Waals surface area contributed by atoms with Gasteiger partial charge < -0.3 is 24.8 Å². The topological polar surface area (TPSA) is 125 Å². The number of nitrogens with zero attached hydrogens (tertiary/aromatic N) is 3. The molecule has 0 aromatic carbocycles. The fourth-order valence-electron chi connectivity index (χ4n) is 4.45. The highest BCUT2D eigenvalue weighted by Crippen LogP contribution is 2.29. The molecule has 4 heterocycles. The van der Waals surface area contributed by atoms with Gasteiger partial charge in [0.1, 0.15) is 11.4 Å². The van der Waals surface area contributed by atoms with E-state index in [1.807, 2.05) is 12.1 Å². The molecular weight excluding hydrogens is 450 g/mol. The molecule has 10 nitrogen and oxygen atoms in total. The smallest absolute Gasteiger partial charge is 0.270 e. The molecule has 0 radical (unpaired) electrons. The number of fused-ring (bicyclic) bond motifs is 2. The van der Waals surface area contributed by atoms with Crippen LogP contribution < -0.4 is 24.8 Å². The van der Waals surface area contributed by atoms with Crippen molar-refractivity contribution in [2.75, 3.05) is 25.6 Å². The minimum Gasteiger partial charge on any atom is -0.492 e. The Balaban J connectivity index is 1.07. The van der Waals surface area contributed by atoms with E-state index >= 15 is 0 Å². The lowest BCUT2D eigenvalue weighted by atomic mass is 9.84. The van der Waals surface area contributed by atoms with Gasteiger partial charge in [0.05, 0.1) is 30.9 Å². The molecule has 3 aromatic heterocycles. The minimum atomic E-state index is -0.279. The van der Waals surface area contributed by atoms with E-state index in [0.29, 0.717) is 29.9 Å². The van der Waals surface area contributed by atoms with Crippen molar-refractivity contribution >= 4 is 28.7 Å². The van der Waals surface area contributed by atoms with Crippen molar-refractivity contribution in [3.05, 3.63) is 42.2 Å². The van der Waals surface area contributed by atoms with Crippen LogP contribution in [0.2, 0.25) is 0 Å². The van der Waals surface area contributed by atoms with Gasteiger partial charge in [-0.2, -0.15) is 0 Å². The second-order valence-corrected chi connectivity index (χ2v) is 8.77. The molecule has 0 atom stereocenters. The first kappa shape index (κ1) is 22.8. The number of hydrogen-bond donors (Lipinski definition) is 2. The van der Waals surface area contributed by atoms with Gasteiger partial charge in [-0.15, -0.1) is 0 Å². The van der Waals surface area contributed by atoms with Crippen molar-refractivity contribution in [2.45, 2.75) is 38.1 Å². The molecule has 3 aromatic rings. The van der Waals surface area contributed by atoms with Gasteiger partial charge in [0.15, 0.2) is 18.2 Å². The second kappa shape index (κ2) is 10.1. The summed E-state index contributed by atoms with van der Waals surface area (Å²) in [5, 5.41) is 5.70. The first-order valence-corrected chi connectivity index (χ1v) is 11.8. The minimum absolute atomic E-state index is 0.0416. The molecular formula is C25H27N5O5. The van der Waals surface area contributed by atoms with Crippen molar-refractivity contribution in [1.82, 2.24) is 20.3 Å². The number of carbonyl (C=O) groups excluding carboxylic acids is 2. The molecule has 1 aliphatic carbocycles. The molecule has 0 saturated heterocycles. The zero-order valence-electron chi connectivity index (χ0n) is 19.5. The van der Waals surface area contributed by atoms with Gasteiger partial charge in [-0.05, 0) is 56.2 Å². The number of amides is 2. The molecule has 2 aliphatic rings. The van der Waals surface area contributed by atoms with E-state index in [0.717, 1.165) is 43.1 Å². The third-order valence-electron chi connectivity index (χ3n) is 6.38. The summed E-state index contributed by atoms with van der Waals surface area (Å²) in [6.07, 6.45) is 6.51. The highest BCUT2D eigenvalue weighted by atomic mass is 16.5. The molecule has 2 N–H and O–H groups in total. The summed E-state index contributed by atoms with van der Waals surface area (Å²) in [5.74, 6) is 2.02. The highest BCUT2D eigenvalue weighted by Gasteiger charge is 2.24. The Kier molecular flexibility index (Phi) is 6.60. The standard InChI is InChI=1S/C25H27N5O5/c1-33-23-9-7-18-20(28-23)12-17(13-26-18)34-11-10-15-2-4-16(5-3-15)27-25(32)19-6-8-21-24(29-19)30-22(31)14-35-21/h6-9,12-13,15-16H,2-5,10-11,14H2,1H3,(H,27,32)(H,29,30,31)/t15-,16-. The van der Waals surface area contributed by atoms with Gasteiger partial charge in [0.25, 0.3) is 11.8 Å². The molecule has 0 spiro atoms. The van der Waals surface area contributed by atoms with Crippen molar-refractivity contribution in [3.8, 4) is 17.4 Å². The van der Waals surface area contributed by atoms with Crippen molar-refractivity contribution in [2.24, 2.45) is 5.92 Å². The number of aromatic nitrogens is 3. The van der Waals surface area contributed by atoms with Crippen LogP contribution in [0.1, 0.15) is 42.6 Å². The predicted molar refractivity (Wildman–Crippen MR) is 128 cm³/mol. The fourth-order valence-corrected chi connectivity index (χ4v) is 4.45. The first-order valence-electron chi connectivity index (χ1n) is 11.8. The maximum Gasteiger partial charge on any atom is 0.270 e. The number of methoxy groups -OCH3 is 1. The quantitative estimate of drug-likeness (QED) is 0.532. The number of rotatable bonds is 7. The predicted octanol–water partition coefficient (Wildman–Crippen LogP) is 3.12. The van der Waals surface area contributed by atoms with Crippen LogP contribution in [0.25, 0.3) is 11.0 Å². The van der Waals surface area contributed by atoms with Crippen LogP contribution in [0.15, 0.2) is 36.5 Å². The largest absolute Gasteiger partial charge is 0.492 e. The lowest BCUT2D eigenvalue weighted by Crippen LogP contribution is -2.38. The lowest BCUT2D eigenvalue weighted by Gasteiger charge is -2.29. The molecule has 1 saturated carbocycles. The van der Waals surface area contributed by atoms with Gasteiger partial charge in [-0.1, -0.05) is 0 Å². The van der Waals surface area contributed by atoms with Gasteiger partial charge in [-0.3, -0.25) is 14.6 Å². The Morgan fingerprint density at radius 3 is 2.83 bits per heavy atom. The van der Waals surface area contributed by atoms with E-state index in [-0.39, 0.29) is 36.0 Å². The van der Waals surface area contributed by atoms with Crippen molar-refractivity contribution in [1.29, 1.82) is 0 Å². The van der Waals surface area contributed by atoms with Crippen LogP contribution >= 0.6 is 0 Å². The molecule has 182 valence electrons. The van der Waals surface area contributed by atoms with Crippen molar-refractivity contribution in [3.63, 3.8) is 0 Å². The van der Waals surface area contributed by atoms with Crippen LogP contribution in [-0.2, 0) is 4.79 Å². The van der Waals surface area contributed by atoms with Crippen LogP contribution in [-0.4, -0.2) is 53.1 Å². The summed E-state index contributed by atoms with van der Waals surface area (Å²) in [5.41, 5.74) is 1.80. The average molecular weight is 478 g/mol.